The first-order chi connectivity index (χ1) is 19.4. The minimum absolute atomic E-state index is 0.0673. The quantitative estimate of drug-likeness (QED) is 0.285. The molecule has 2 heterocycles. The van der Waals surface area contributed by atoms with Crippen molar-refractivity contribution in [1.29, 1.82) is 0 Å². The second-order valence-electron chi connectivity index (χ2n) is 11.1. The van der Waals surface area contributed by atoms with E-state index in [1.807, 2.05) is 42.5 Å². The molecule has 7 nitrogen and oxygen atoms in total. The second-order valence-corrected chi connectivity index (χ2v) is 11.1. The Hall–Kier alpha value is -3.61. The molecule has 0 saturated carbocycles. The highest BCUT2D eigenvalue weighted by Crippen LogP contribution is 2.23. The molecule has 1 aliphatic rings. The molecule has 4 rings (SSSR count). The summed E-state index contributed by atoms with van der Waals surface area (Å²) in [6.07, 6.45) is 10.3. The van der Waals surface area contributed by atoms with E-state index in [-0.39, 0.29) is 17.9 Å². The Morgan fingerprint density at radius 3 is 2.55 bits per heavy atom. The van der Waals surface area contributed by atoms with Crippen LogP contribution in [0, 0.1) is 5.92 Å². The van der Waals surface area contributed by atoms with E-state index >= 15 is 0 Å². The summed E-state index contributed by atoms with van der Waals surface area (Å²) in [5.41, 5.74) is 4.55. The molecule has 1 aromatic heterocycles. The molecule has 7 heteroatoms. The predicted molar refractivity (Wildman–Crippen MR) is 159 cm³/mol. The average Bonchev–Trinajstić information content (AvgIpc) is 3.39. The molecule has 1 saturated heterocycles. The van der Waals surface area contributed by atoms with E-state index in [1.54, 1.807) is 4.68 Å². The summed E-state index contributed by atoms with van der Waals surface area (Å²) in [4.78, 5) is 27.6. The predicted octanol–water partition coefficient (Wildman–Crippen LogP) is 5.57. The molecule has 0 bridgehead atoms. The largest absolute Gasteiger partial charge is 0.494 e. The van der Waals surface area contributed by atoms with Gasteiger partial charge in [-0.2, -0.15) is 5.10 Å². The van der Waals surface area contributed by atoms with Gasteiger partial charge in [-0.25, -0.2) is 0 Å². The van der Waals surface area contributed by atoms with Crippen LogP contribution >= 0.6 is 0 Å². The summed E-state index contributed by atoms with van der Waals surface area (Å²) in [6, 6.07) is 16.6. The number of nitrogens with zero attached hydrogens (tertiary/aromatic N) is 3. The number of nitrogens with one attached hydrogen (secondary N) is 1. The van der Waals surface area contributed by atoms with Crippen LogP contribution in [0.3, 0.4) is 0 Å². The highest BCUT2D eigenvalue weighted by Gasteiger charge is 2.24. The number of unbranched alkanes of at least 4 members (excludes halogenated alkanes) is 1. The Morgan fingerprint density at radius 2 is 1.85 bits per heavy atom. The Labute approximate surface area is 238 Å². The van der Waals surface area contributed by atoms with Crippen LogP contribution in [0.5, 0.6) is 5.75 Å². The Bertz CT molecular complexity index is 1230. The molecule has 3 aromatic rings. The fourth-order valence-electron chi connectivity index (χ4n) is 5.33. The van der Waals surface area contributed by atoms with Crippen LogP contribution in [0.4, 0.5) is 0 Å². The number of likely N-dealkylation sites (tertiary alicyclic amines) is 1. The van der Waals surface area contributed by atoms with Crippen molar-refractivity contribution in [3.05, 3.63) is 72.1 Å². The first-order valence-corrected chi connectivity index (χ1v) is 14.8. The van der Waals surface area contributed by atoms with Crippen molar-refractivity contribution in [2.75, 3.05) is 19.7 Å². The number of rotatable bonds is 13. The number of piperidine rings is 1. The number of aromatic nitrogens is 2. The third-order valence-electron chi connectivity index (χ3n) is 7.67. The molecular weight excluding hydrogens is 500 g/mol. The van der Waals surface area contributed by atoms with Crippen LogP contribution in [-0.4, -0.2) is 52.2 Å². The summed E-state index contributed by atoms with van der Waals surface area (Å²) in [5, 5.41) is 7.42. The third kappa shape index (κ3) is 8.97. The highest BCUT2D eigenvalue weighted by molar-refractivity contribution is 5.77. The second kappa shape index (κ2) is 14.7. The van der Waals surface area contributed by atoms with Gasteiger partial charge in [0, 0.05) is 50.8 Å². The molecule has 1 atom stereocenters. The molecule has 1 N–H and O–H groups in total. The number of ether oxygens (including phenoxy) is 1. The summed E-state index contributed by atoms with van der Waals surface area (Å²) in [5.74, 6) is 1.52. The number of carbonyl (C=O) groups excluding carboxylic acids is 2. The minimum atomic E-state index is 0.0673. The van der Waals surface area contributed by atoms with E-state index in [4.69, 9.17) is 4.74 Å². The maximum atomic E-state index is 12.9. The molecule has 40 heavy (non-hydrogen) atoms. The molecule has 0 spiro atoms. The first kappa shape index (κ1) is 29.4. The van der Waals surface area contributed by atoms with E-state index in [2.05, 4.69) is 54.6 Å². The molecule has 214 valence electrons. The van der Waals surface area contributed by atoms with Crippen molar-refractivity contribution in [2.45, 2.75) is 71.3 Å². The fraction of sp³-hybridized carbons (Fsp3) is 0.485. The Balaban J connectivity index is 1.14. The van der Waals surface area contributed by atoms with Gasteiger partial charge in [-0.05, 0) is 73.8 Å². The zero-order valence-electron chi connectivity index (χ0n) is 24.3. The lowest BCUT2D eigenvalue weighted by Gasteiger charge is -2.32. The van der Waals surface area contributed by atoms with Crippen LogP contribution in [0.25, 0.3) is 11.1 Å². The van der Waals surface area contributed by atoms with Crippen LogP contribution in [0.15, 0.2) is 60.9 Å². The molecule has 2 amide bonds. The minimum Gasteiger partial charge on any atom is -0.494 e. The molecule has 0 unspecified atom stereocenters. The zero-order chi connectivity index (χ0) is 28.3. The number of hydrogen-bond acceptors (Lipinski definition) is 4. The maximum Gasteiger partial charge on any atom is 0.222 e. The van der Waals surface area contributed by atoms with Gasteiger partial charge >= 0.3 is 0 Å². The van der Waals surface area contributed by atoms with Crippen molar-refractivity contribution in [2.24, 2.45) is 13.0 Å². The van der Waals surface area contributed by atoms with Crippen molar-refractivity contribution in [3.8, 4) is 16.9 Å². The fourth-order valence-corrected chi connectivity index (χ4v) is 5.33. The Morgan fingerprint density at radius 1 is 1.07 bits per heavy atom. The third-order valence-corrected chi connectivity index (χ3v) is 7.67. The molecule has 0 radical (unpaired) electrons. The van der Waals surface area contributed by atoms with E-state index in [1.165, 1.54) is 5.56 Å². The summed E-state index contributed by atoms with van der Waals surface area (Å²) < 4.78 is 7.53. The van der Waals surface area contributed by atoms with Gasteiger partial charge in [0.25, 0.3) is 0 Å². The molecular formula is C33H44N4O3. The van der Waals surface area contributed by atoms with Crippen LogP contribution < -0.4 is 10.1 Å². The van der Waals surface area contributed by atoms with E-state index in [9.17, 15) is 9.59 Å². The maximum absolute atomic E-state index is 12.9. The van der Waals surface area contributed by atoms with E-state index in [0.29, 0.717) is 18.8 Å². The summed E-state index contributed by atoms with van der Waals surface area (Å²) >= 11 is 0. The van der Waals surface area contributed by atoms with Gasteiger partial charge in [0.15, 0.2) is 0 Å². The number of aryl methyl sites for hydroxylation is 2. The van der Waals surface area contributed by atoms with Crippen molar-refractivity contribution >= 4 is 11.8 Å². The van der Waals surface area contributed by atoms with Gasteiger partial charge in [0.05, 0.1) is 12.8 Å². The normalized spacial score (nSPS) is 14.6. The lowest BCUT2D eigenvalue weighted by atomic mass is 9.92. The van der Waals surface area contributed by atoms with Crippen LogP contribution in [-0.2, 0) is 29.5 Å². The number of carbonyl (C=O) groups is 2. The SMILES string of the molecule is CCCCOc1ccc(C[C@@H](C)NC(=O)CC2CCN(C(=O)CCc3cccc(-c4cnn(C)c4)c3)CC2)cc1. The molecule has 0 aliphatic carbocycles. The summed E-state index contributed by atoms with van der Waals surface area (Å²) in [7, 11) is 1.91. The van der Waals surface area contributed by atoms with Crippen molar-refractivity contribution in [1.82, 2.24) is 20.0 Å². The Kier molecular flexibility index (Phi) is 10.8. The van der Waals surface area contributed by atoms with Gasteiger partial charge in [-0.3, -0.25) is 14.3 Å². The van der Waals surface area contributed by atoms with E-state index < -0.39 is 0 Å². The lowest BCUT2D eigenvalue weighted by molar-refractivity contribution is -0.132. The number of hydrogen-bond donors (Lipinski definition) is 1. The molecule has 1 aliphatic heterocycles. The summed E-state index contributed by atoms with van der Waals surface area (Å²) in [6.45, 7) is 6.41. The molecule has 2 aromatic carbocycles. The molecule has 1 fully saturated rings. The van der Waals surface area contributed by atoms with Gasteiger partial charge in [0.2, 0.25) is 11.8 Å². The van der Waals surface area contributed by atoms with Gasteiger partial charge in [-0.15, -0.1) is 0 Å². The van der Waals surface area contributed by atoms with Crippen molar-refractivity contribution in [3.63, 3.8) is 0 Å². The smallest absolute Gasteiger partial charge is 0.222 e. The number of benzene rings is 2. The number of amides is 2. The zero-order valence-corrected chi connectivity index (χ0v) is 24.3. The monoisotopic (exact) mass is 544 g/mol. The van der Waals surface area contributed by atoms with Gasteiger partial charge in [0.1, 0.15) is 5.75 Å². The first-order valence-electron chi connectivity index (χ1n) is 14.8. The highest BCUT2D eigenvalue weighted by atomic mass is 16.5. The van der Waals surface area contributed by atoms with Gasteiger partial charge in [-0.1, -0.05) is 49.7 Å². The average molecular weight is 545 g/mol. The van der Waals surface area contributed by atoms with Crippen LogP contribution in [0.2, 0.25) is 0 Å². The van der Waals surface area contributed by atoms with E-state index in [0.717, 1.165) is 80.7 Å². The van der Waals surface area contributed by atoms with Crippen molar-refractivity contribution < 1.29 is 14.3 Å². The lowest BCUT2D eigenvalue weighted by Crippen LogP contribution is -2.41. The standard InChI is InChI=1S/C33H44N4O3/c1-4-5-19-40-31-12-9-27(10-13-31)20-25(2)35-32(38)22-28-15-17-37(18-16-28)33(39)14-11-26-7-6-8-29(21-26)30-23-34-36(3)24-30/h6-10,12-13,21,23-25,28H,4-5,11,14-20,22H2,1-3H3,(H,35,38)/t25-/m1/s1. The topological polar surface area (TPSA) is 76.5 Å². The van der Waals surface area contributed by atoms with Crippen LogP contribution in [0.1, 0.15) is 63.5 Å². The van der Waals surface area contributed by atoms with Gasteiger partial charge < -0.3 is 15.0 Å².